The minimum atomic E-state index is -0.313. The Balaban J connectivity index is 2.23. The van der Waals surface area contributed by atoms with Gasteiger partial charge in [-0.3, -0.25) is 11.3 Å². The zero-order valence-corrected chi connectivity index (χ0v) is 12.5. The summed E-state index contributed by atoms with van der Waals surface area (Å²) in [5, 5.41) is 0. The van der Waals surface area contributed by atoms with Crippen molar-refractivity contribution in [3.8, 4) is 0 Å². The Labute approximate surface area is 125 Å². The molecule has 0 radical (unpaired) electrons. The van der Waals surface area contributed by atoms with Gasteiger partial charge in [0.15, 0.2) is 0 Å². The van der Waals surface area contributed by atoms with Crippen LogP contribution in [0.3, 0.4) is 0 Å². The van der Waals surface area contributed by atoms with E-state index < -0.39 is 0 Å². The second-order valence-electron chi connectivity index (χ2n) is 4.68. The molecule has 0 amide bonds. The summed E-state index contributed by atoms with van der Waals surface area (Å²) < 4.78 is 27.2. The summed E-state index contributed by atoms with van der Waals surface area (Å²) in [6, 6.07) is 9.57. The van der Waals surface area contributed by atoms with E-state index >= 15 is 0 Å². The van der Waals surface area contributed by atoms with Gasteiger partial charge >= 0.3 is 0 Å². The van der Waals surface area contributed by atoms with E-state index in [-0.39, 0.29) is 17.7 Å². The van der Waals surface area contributed by atoms with Gasteiger partial charge in [0.25, 0.3) is 0 Å². The van der Waals surface area contributed by atoms with E-state index in [2.05, 4.69) is 21.4 Å². The lowest BCUT2D eigenvalue weighted by molar-refractivity contribution is 0.542. The zero-order valence-electron chi connectivity index (χ0n) is 11.0. The summed E-state index contributed by atoms with van der Waals surface area (Å²) in [5.74, 6) is 4.98. The van der Waals surface area contributed by atoms with E-state index in [1.165, 1.54) is 12.1 Å². The molecule has 0 heterocycles. The number of hydrogen-bond donors (Lipinski definition) is 2. The smallest absolute Gasteiger partial charge is 0.137 e. The SMILES string of the molecule is Cc1ccc(C(Cc2ccc(F)c(Br)c2)NN)cc1F. The summed E-state index contributed by atoms with van der Waals surface area (Å²) in [6.07, 6.45) is 0.540. The van der Waals surface area contributed by atoms with Gasteiger partial charge in [0.2, 0.25) is 0 Å². The fourth-order valence-corrected chi connectivity index (χ4v) is 2.43. The van der Waals surface area contributed by atoms with Crippen molar-refractivity contribution in [2.75, 3.05) is 0 Å². The molecule has 0 aliphatic carbocycles. The first kappa shape index (κ1) is 15.1. The Morgan fingerprint density at radius 3 is 2.50 bits per heavy atom. The van der Waals surface area contributed by atoms with Crippen LogP contribution in [0.1, 0.15) is 22.7 Å². The van der Waals surface area contributed by atoms with Crippen LogP contribution >= 0.6 is 15.9 Å². The Hall–Kier alpha value is -1.30. The minimum absolute atomic E-state index is 0.234. The van der Waals surface area contributed by atoms with E-state index in [0.717, 1.165) is 11.1 Å². The van der Waals surface area contributed by atoms with Gasteiger partial charge in [-0.25, -0.2) is 8.78 Å². The molecule has 0 fully saturated rings. The van der Waals surface area contributed by atoms with E-state index in [9.17, 15) is 8.78 Å². The molecule has 20 heavy (non-hydrogen) atoms. The van der Waals surface area contributed by atoms with Crippen molar-refractivity contribution in [2.45, 2.75) is 19.4 Å². The van der Waals surface area contributed by atoms with Crippen molar-refractivity contribution in [3.63, 3.8) is 0 Å². The first-order valence-electron chi connectivity index (χ1n) is 6.17. The number of nitrogens with one attached hydrogen (secondary N) is 1. The Morgan fingerprint density at radius 2 is 1.90 bits per heavy atom. The van der Waals surface area contributed by atoms with Crippen LogP contribution in [0, 0.1) is 18.6 Å². The quantitative estimate of drug-likeness (QED) is 0.656. The molecule has 1 unspecified atom stereocenters. The van der Waals surface area contributed by atoms with Crippen LogP contribution < -0.4 is 11.3 Å². The summed E-state index contributed by atoms with van der Waals surface area (Å²) in [5.41, 5.74) is 4.93. The lowest BCUT2D eigenvalue weighted by Gasteiger charge is -2.17. The molecule has 0 aliphatic heterocycles. The molecule has 2 aromatic carbocycles. The van der Waals surface area contributed by atoms with Crippen molar-refractivity contribution in [2.24, 2.45) is 5.84 Å². The molecule has 2 aromatic rings. The van der Waals surface area contributed by atoms with E-state index in [0.29, 0.717) is 16.5 Å². The van der Waals surface area contributed by atoms with Crippen molar-refractivity contribution >= 4 is 15.9 Å². The molecule has 0 spiro atoms. The van der Waals surface area contributed by atoms with Crippen LogP contribution in [0.5, 0.6) is 0 Å². The van der Waals surface area contributed by atoms with Crippen LogP contribution in [-0.4, -0.2) is 0 Å². The largest absolute Gasteiger partial charge is 0.271 e. The molecule has 0 aliphatic rings. The summed E-state index contributed by atoms with van der Waals surface area (Å²) >= 11 is 3.15. The topological polar surface area (TPSA) is 38.0 Å². The highest BCUT2D eigenvalue weighted by molar-refractivity contribution is 9.10. The number of aryl methyl sites for hydroxylation is 1. The minimum Gasteiger partial charge on any atom is -0.271 e. The number of nitrogens with two attached hydrogens (primary N) is 1. The molecule has 0 saturated carbocycles. The van der Waals surface area contributed by atoms with Crippen LogP contribution in [0.4, 0.5) is 8.78 Å². The third-order valence-electron chi connectivity index (χ3n) is 3.22. The van der Waals surface area contributed by atoms with Gasteiger partial charge in [-0.15, -0.1) is 0 Å². The first-order valence-corrected chi connectivity index (χ1v) is 6.96. The van der Waals surface area contributed by atoms with Crippen LogP contribution in [-0.2, 0) is 6.42 Å². The molecule has 0 aromatic heterocycles. The molecule has 2 rings (SSSR count). The molecule has 106 valence electrons. The number of rotatable bonds is 4. The molecular formula is C15H15BrF2N2. The lowest BCUT2D eigenvalue weighted by atomic mass is 9.98. The number of halogens is 3. The molecule has 3 N–H and O–H groups in total. The second-order valence-corrected chi connectivity index (χ2v) is 5.53. The molecular weight excluding hydrogens is 326 g/mol. The fraction of sp³-hybridized carbons (Fsp3) is 0.200. The van der Waals surface area contributed by atoms with Crippen molar-refractivity contribution in [1.82, 2.24) is 5.43 Å². The van der Waals surface area contributed by atoms with Gasteiger partial charge in [0.1, 0.15) is 11.6 Å². The molecule has 0 saturated heterocycles. The summed E-state index contributed by atoms with van der Waals surface area (Å²) in [6.45, 7) is 1.71. The van der Waals surface area contributed by atoms with Gasteiger partial charge in [-0.2, -0.15) is 0 Å². The molecule has 5 heteroatoms. The zero-order chi connectivity index (χ0) is 14.7. The van der Waals surface area contributed by atoms with Crippen molar-refractivity contribution in [1.29, 1.82) is 0 Å². The maximum atomic E-state index is 13.6. The standard InChI is InChI=1S/C15H15BrF2N2/c1-9-2-4-11(8-14(9)18)15(20-19)7-10-3-5-13(17)12(16)6-10/h2-6,8,15,20H,7,19H2,1H3. The number of benzene rings is 2. The number of hydrogen-bond acceptors (Lipinski definition) is 2. The number of hydrazine groups is 1. The lowest BCUT2D eigenvalue weighted by Crippen LogP contribution is -2.29. The Morgan fingerprint density at radius 1 is 1.15 bits per heavy atom. The average Bonchev–Trinajstić information content (AvgIpc) is 2.43. The maximum absolute atomic E-state index is 13.6. The van der Waals surface area contributed by atoms with Crippen molar-refractivity contribution < 1.29 is 8.78 Å². The van der Waals surface area contributed by atoms with Crippen LogP contribution in [0.25, 0.3) is 0 Å². The normalized spacial score (nSPS) is 12.4. The van der Waals surface area contributed by atoms with Gasteiger partial charge in [0.05, 0.1) is 10.5 Å². The Kier molecular flexibility index (Phi) is 4.86. The van der Waals surface area contributed by atoms with Gasteiger partial charge < -0.3 is 0 Å². The highest BCUT2D eigenvalue weighted by Crippen LogP contribution is 2.23. The molecule has 1 atom stereocenters. The van der Waals surface area contributed by atoms with E-state index in [1.807, 2.05) is 6.07 Å². The highest BCUT2D eigenvalue weighted by atomic mass is 79.9. The third-order valence-corrected chi connectivity index (χ3v) is 3.83. The maximum Gasteiger partial charge on any atom is 0.137 e. The van der Waals surface area contributed by atoms with Crippen LogP contribution in [0.15, 0.2) is 40.9 Å². The third kappa shape index (κ3) is 3.42. The first-order chi connectivity index (χ1) is 9.51. The summed E-state index contributed by atoms with van der Waals surface area (Å²) in [4.78, 5) is 0. The van der Waals surface area contributed by atoms with Gasteiger partial charge in [-0.1, -0.05) is 18.2 Å². The molecule has 2 nitrogen and oxygen atoms in total. The van der Waals surface area contributed by atoms with E-state index in [4.69, 9.17) is 5.84 Å². The van der Waals surface area contributed by atoms with Crippen LogP contribution in [0.2, 0.25) is 0 Å². The fourth-order valence-electron chi connectivity index (χ4n) is 2.00. The predicted molar refractivity (Wildman–Crippen MR) is 79.0 cm³/mol. The summed E-state index contributed by atoms with van der Waals surface area (Å²) in [7, 11) is 0. The van der Waals surface area contributed by atoms with Gasteiger partial charge in [-0.05, 0) is 64.2 Å². The average molecular weight is 341 g/mol. The van der Waals surface area contributed by atoms with E-state index in [1.54, 1.807) is 25.1 Å². The van der Waals surface area contributed by atoms with Crippen molar-refractivity contribution in [3.05, 3.63) is 69.2 Å². The predicted octanol–water partition coefficient (Wildman–Crippen LogP) is 3.78. The molecule has 0 bridgehead atoms. The highest BCUT2D eigenvalue weighted by Gasteiger charge is 2.13. The monoisotopic (exact) mass is 340 g/mol. The Bertz CT molecular complexity index is 617. The second kappa shape index (κ2) is 6.43. The van der Waals surface area contributed by atoms with Gasteiger partial charge in [0, 0.05) is 0 Å².